The Morgan fingerprint density at radius 2 is 2.21 bits per heavy atom. The van der Waals surface area contributed by atoms with Crippen LogP contribution in [0.2, 0.25) is 0 Å². The summed E-state index contributed by atoms with van der Waals surface area (Å²) in [7, 11) is -3.17. The molecule has 1 aliphatic rings. The number of aliphatic hydroxyl groups excluding tert-OH is 1. The van der Waals surface area contributed by atoms with Gasteiger partial charge in [0.15, 0.2) is 9.84 Å². The van der Waals surface area contributed by atoms with Crippen LogP contribution in [0.25, 0.3) is 0 Å². The summed E-state index contributed by atoms with van der Waals surface area (Å²) in [5.41, 5.74) is 0.589. The minimum absolute atomic E-state index is 0.311. The molecule has 0 spiro atoms. The van der Waals surface area contributed by atoms with Crippen molar-refractivity contribution < 1.29 is 13.5 Å². The van der Waals surface area contributed by atoms with Crippen LogP contribution in [0.4, 0.5) is 0 Å². The van der Waals surface area contributed by atoms with Crippen LogP contribution >= 0.6 is 11.3 Å². The molecule has 1 aliphatic heterocycles. The van der Waals surface area contributed by atoms with Gasteiger partial charge in [0.05, 0.1) is 11.4 Å². The molecule has 5 heteroatoms. The molecule has 2 atom stereocenters. The fourth-order valence-electron chi connectivity index (χ4n) is 1.72. The molecule has 14 heavy (non-hydrogen) atoms. The molecule has 0 bridgehead atoms. The van der Waals surface area contributed by atoms with Gasteiger partial charge in [0.25, 0.3) is 0 Å². The second-order valence-corrected chi connectivity index (χ2v) is 7.52. The third-order valence-corrected chi connectivity index (χ3v) is 6.36. The Labute approximate surface area is 87.3 Å². The number of aryl methyl sites for hydroxylation is 1. The monoisotopic (exact) mass is 232 g/mol. The van der Waals surface area contributed by atoms with Gasteiger partial charge in [-0.3, -0.25) is 0 Å². The van der Waals surface area contributed by atoms with E-state index in [-0.39, 0.29) is 0 Å². The first-order valence-corrected chi connectivity index (χ1v) is 6.81. The molecule has 0 aliphatic carbocycles. The summed E-state index contributed by atoms with van der Waals surface area (Å²) in [5, 5.41) is 9.25. The van der Waals surface area contributed by atoms with Gasteiger partial charge in [0, 0.05) is 10.4 Å². The molecular weight excluding hydrogens is 220 g/mol. The SMILES string of the molecule is Cc1cc2c(s1)S(=O)(=O)C(C)CC2O. The van der Waals surface area contributed by atoms with Crippen molar-refractivity contribution in [2.45, 2.75) is 35.8 Å². The lowest BCUT2D eigenvalue weighted by atomic mass is 10.1. The highest BCUT2D eigenvalue weighted by molar-refractivity contribution is 7.94. The Kier molecular flexibility index (Phi) is 2.21. The van der Waals surface area contributed by atoms with Gasteiger partial charge in [-0.15, -0.1) is 11.3 Å². The minimum atomic E-state index is -3.17. The third-order valence-electron chi connectivity index (χ3n) is 2.55. The zero-order valence-electron chi connectivity index (χ0n) is 8.02. The summed E-state index contributed by atoms with van der Waals surface area (Å²) in [6.07, 6.45) is -0.306. The average molecular weight is 232 g/mol. The van der Waals surface area contributed by atoms with E-state index in [1.165, 1.54) is 11.3 Å². The number of hydrogen-bond acceptors (Lipinski definition) is 4. The maximum atomic E-state index is 11.9. The largest absolute Gasteiger partial charge is 0.388 e. The lowest BCUT2D eigenvalue weighted by molar-refractivity contribution is 0.161. The second-order valence-electron chi connectivity index (χ2n) is 3.71. The first-order chi connectivity index (χ1) is 6.43. The maximum Gasteiger partial charge on any atom is 0.190 e. The van der Waals surface area contributed by atoms with Gasteiger partial charge < -0.3 is 5.11 Å². The molecular formula is C9H12O3S2. The van der Waals surface area contributed by atoms with Crippen molar-refractivity contribution in [3.8, 4) is 0 Å². The van der Waals surface area contributed by atoms with E-state index in [1.54, 1.807) is 13.0 Å². The molecule has 0 saturated carbocycles. The number of hydrogen-bond donors (Lipinski definition) is 1. The van der Waals surface area contributed by atoms with E-state index in [0.717, 1.165) is 4.88 Å². The first kappa shape index (κ1) is 10.1. The van der Waals surface area contributed by atoms with Crippen molar-refractivity contribution in [1.82, 2.24) is 0 Å². The molecule has 3 nitrogen and oxygen atoms in total. The molecule has 2 heterocycles. The summed E-state index contributed by atoms with van der Waals surface area (Å²) in [4.78, 5) is 0.937. The van der Waals surface area contributed by atoms with Crippen molar-refractivity contribution in [2.75, 3.05) is 0 Å². The first-order valence-electron chi connectivity index (χ1n) is 4.45. The van der Waals surface area contributed by atoms with Crippen LogP contribution in [0.1, 0.15) is 29.9 Å². The molecule has 1 aromatic heterocycles. The van der Waals surface area contributed by atoms with Crippen LogP contribution in [0.5, 0.6) is 0 Å². The highest BCUT2D eigenvalue weighted by atomic mass is 32.2. The van der Waals surface area contributed by atoms with Crippen LogP contribution in [-0.2, 0) is 9.84 Å². The highest BCUT2D eigenvalue weighted by Crippen LogP contribution is 2.40. The second kappa shape index (κ2) is 3.05. The predicted molar refractivity (Wildman–Crippen MR) is 55.3 cm³/mol. The number of aliphatic hydroxyl groups is 1. The summed E-state index contributed by atoms with van der Waals surface area (Å²) in [6.45, 7) is 3.51. The maximum absolute atomic E-state index is 11.9. The van der Waals surface area contributed by atoms with Crippen LogP contribution in [0, 0.1) is 6.92 Å². The van der Waals surface area contributed by atoms with Crippen molar-refractivity contribution in [3.63, 3.8) is 0 Å². The minimum Gasteiger partial charge on any atom is -0.388 e. The summed E-state index contributed by atoms with van der Waals surface area (Å²) in [5.74, 6) is 0. The molecule has 0 fully saturated rings. The summed E-state index contributed by atoms with van der Waals surface area (Å²) >= 11 is 1.26. The fraction of sp³-hybridized carbons (Fsp3) is 0.556. The summed E-state index contributed by atoms with van der Waals surface area (Å²) < 4.78 is 24.1. The molecule has 0 amide bonds. The molecule has 2 unspecified atom stereocenters. The lowest BCUT2D eigenvalue weighted by Gasteiger charge is -2.23. The number of rotatable bonds is 0. The smallest absolute Gasteiger partial charge is 0.190 e. The van der Waals surface area contributed by atoms with E-state index < -0.39 is 21.2 Å². The van der Waals surface area contributed by atoms with E-state index in [4.69, 9.17) is 0 Å². The van der Waals surface area contributed by atoms with E-state index in [2.05, 4.69) is 0 Å². The van der Waals surface area contributed by atoms with Crippen LogP contribution < -0.4 is 0 Å². The van der Waals surface area contributed by atoms with Crippen LogP contribution in [-0.4, -0.2) is 18.8 Å². The molecule has 0 saturated heterocycles. The molecule has 1 N–H and O–H groups in total. The van der Waals surface area contributed by atoms with Crippen molar-refractivity contribution in [3.05, 3.63) is 16.5 Å². The van der Waals surface area contributed by atoms with Gasteiger partial charge in [0.1, 0.15) is 4.21 Å². The van der Waals surface area contributed by atoms with Crippen molar-refractivity contribution in [2.24, 2.45) is 0 Å². The molecule has 1 aromatic rings. The Balaban J connectivity index is 2.69. The lowest BCUT2D eigenvalue weighted by Crippen LogP contribution is -2.26. The Hall–Kier alpha value is -0.390. The normalized spacial score (nSPS) is 29.9. The van der Waals surface area contributed by atoms with E-state index >= 15 is 0 Å². The zero-order chi connectivity index (χ0) is 10.5. The number of thiophene rings is 1. The van der Waals surface area contributed by atoms with Gasteiger partial charge in [-0.2, -0.15) is 0 Å². The highest BCUT2D eigenvalue weighted by Gasteiger charge is 2.36. The summed E-state index contributed by atoms with van der Waals surface area (Å²) in [6, 6.07) is 1.77. The van der Waals surface area contributed by atoms with Gasteiger partial charge in [0.2, 0.25) is 0 Å². The number of sulfone groups is 1. The zero-order valence-corrected chi connectivity index (χ0v) is 9.65. The molecule has 0 aromatic carbocycles. The van der Waals surface area contributed by atoms with Gasteiger partial charge in [-0.1, -0.05) is 0 Å². The van der Waals surface area contributed by atoms with Gasteiger partial charge in [-0.05, 0) is 26.3 Å². The molecule has 2 rings (SSSR count). The van der Waals surface area contributed by atoms with Crippen LogP contribution in [0.15, 0.2) is 10.3 Å². The van der Waals surface area contributed by atoms with E-state index in [9.17, 15) is 13.5 Å². The van der Waals surface area contributed by atoms with Crippen molar-refractivity contribution >= 4 is 21.2 Å². The van der Waals surface area contributed by atoms with Crippen molar-refractivity contribution in [1.29, 1.82) is 0 Å². The fourth-order valence-corrected chi connectivity index (χ4v) is 5.19. The van der Waals surface area contributed by atoms with Gasteiger partial charge in [-0.25, -0.2) is 8.42 Å². The topological polar surface area (TPSA) is 54.4 Å². The van der Waals surface area contributed by atoms with E-state index in [1.807, 2.05) is 6.92 Å². The Morgan fingerprint density at radius 1 is 1.57 bits per heavy atom. The third kappa shape index (κ3) is 1.31. The van der Waals surface area contributed by atoms with Gasteiger partial charge >= 0.3 is 0 Å². The quantitative estimate of drug-likeness (QED) is 0.740. The Bertz CT molecular complexity index is 458. The number of fused-ring (bicyclic) bond motifs is 1. The standard InChI is InChI=1S/C9H12O3S2/c1-5-3-7-8(10)4-6(2)14(11,12)9(7)13-5/h3,6,8,10H,4H2,1-2H3. The Morgan fingerprint density at radius 3 is 2.86 bits per heavy atom. The molecule has 0 radical (unpaired) electrons. The average Bonchev–Trinajstić information content (AvgIpc) is 2.45. The van der Waals surface area contributed by atoms with E-state index in [0.29, 0.717) is 16.2 Å². The predicted octanol–water partition coefficient (Wildman–Crippen LogP) is 1.66. The van der Waals surface area contributed by atoms with Crippen LogP contribution in [0.3, 0.4) is 0 Å². The molecule has 78 valence electrons.